The van der Waals surface area contributed by atoms with Crippen LogP contribution in [0.4, 0.5) is 0 Å². The molecule has 1 aromatic carbocycles. The first kappa shape index (κ1) is 17.0. The Morgan fingerprint density at radius 1 is 1.24 bits per heavy atom. The van der Waals surface area contributed by atoms with Gasteiger partial charge in [-0.1, -0.05) is 28.9 Å². The zero-order valence-electron chi connectivity index (χ0n) is 13.7. The number of ether oxygens (including phenoxy) is 1. The molecule has 0 bridgehead atoms. The molecule has 118 valence electrons. The van der Waals surface area contributed by atoms with Gasteiger partial charge in [0.2, 0.25) is 0 Å². The molecule has 1 aliphatic carbocycles. The van der Waals surface area contributed by atoms with Crippen molar-refractivity contribution >= 4 is 15.9 Å². The fourth-order valence-corrected chi connectivity index (χ4v) is 3.78. The summed E-state index contributed by atoms with van der Waals surface area (Å²) in [6.45, 7) is 10.5. The quantitative estimate of drug-likeness (QED) is 0.750. The van der Waals surface area contributed by atoms with Gasteiger partial charge in [0.25, 0.3) is 0 Å². The van der Waals surface area contributed by atoms with E-state index in [2.05, 4.69) is 61.1 Å². The van der Waals surface area contributed by atoms with Gasteiger partial charge < -0.3 is 10.1 Å². The van der Waals surface area contributed by atoms with Crippen LogP contribution in [0.5, 0.6) is 0 Å². The molecule has 0 aliphatic heterocycles. The average molecular weight is 354 g/mol. The zero-order chi connectivity index (χ0) is 15.4. The van der Waals surface area contributed by atoms with Crippen molar-refractivity contribution in [2.45, 2.75) is 59.1 Å². The van der Waals surface area contributed by atoms with E-state index in [1.54, 1.807) is 0 Å². The van der Waals surface area contributed by atoms with E-state index in [0.29, 0.717) is 12.1 Å². The van der Waals surface area contributed by atoms with E-state index >= 15 is 0 Å². The highest BCUT2D eigenvalue weighted by Gasteiger charge is 2.32. The van der Waals surface area contributed by atoms with Gasteiger partial charge in [-0.3, -0.25) is 0 Å². The zero-order valence-corrected chi connectivity index (χ0v) is 15.3. The molecule has 0 heterocycles. The number of rotatable bonds is 7. The Hall–Kier alpha value is -0.380. The van der Waals surface area contributed by atoms with Crippen molar-refractivity contribution in [1.82, 2.24) is 5.32 Å². The highest BCUT2D eigenvalue weighted by Crippen LogP contribution is 2.38. The first-order valence-electron chi connectivity index (χ1n) is 8.16. The third-order valence-corrected chi connectivity index (χ3v) is 5.39. The molecule has 0 aromatic heterocycles. The van der Waals surface area contributed by atoms with E-state index in [4.69, 9.17) is 4.74 Å². The minimum absolute atomic E-state index is 0.467. The second kappa shape index (κ2) is 7.75. The van der Waals surface area contributed by atoms with Crippen molar-refractivity contribution in [3.8, 4) is 0 Å². The molecule has 0 radical (unpaired) electrons. The molecule has 1 atom stereocenters. The number of benzene rings is 1. The van der Waals surface area contributed by atoms with Gasteiger partial charge in [-0.25, -0.2) is 0 Å². The number of hydrogen-bond acceptors (Lipinski definition) is 2. The molecule has 1 fully saturated rings. The fraction of sp³-hybridized carbons (Fsp3) is 0.667. The Kier molecular flexibility index (Phi) is 6.27. The molecule has 1 aliphatic rings. The van der Waals surface area contributed by atoms with Gasteiger partial charge >= 0.3 is 0 Å². The predicted molar refractivity (Wildman–Crippen MR) is 92.8 cm³/mol. The summed E-state index contributed by atoms with van der Waals surface area (Å²) in [6.07, 6.45) is 4.18. The molecule has 1 unspecified atom stereocenters. The van der Waals surface area contributed by atoms with Crippen molar-refractivity contribution in [3.05, 3.63) is 33.3 Å². The Bertz CT molecular complexity index is 469. The summed E-state index contributed by atoms with van der Waals surface area (Å²) in [5.74, 6) is 0.800. The van der Waals surface area contributed by atoms with Gasteiger partial charge in [-0.15, -0.1) is 0 Å². The molecule has 21 heavy (non-hydrogen) atoms. The molecule has 3 heteroatoms. The van der Waals surface area contributed by atoms with Crippen molar-refractivity contribution in [2.24, 2.45) is 5.92 Å². The van der Waals surface area contributed by atoms with Crippen molar-refractivity contribution in [2.75, 3.05) is 13.2 Å². The maximum absolute atomic E-state index is 5.69. The van der Waals surface area contributed by atoms with Gasteiger partial charge in [-0.05, 0) is 75.3 Å². The topological polar surface area (TPSA) is 21.3 Å². The van der Waals surface area contributed by atoms with Gasteiger partial charge in [0.05, 0.1) is 6.10 Å². The normalized spacial score (nSPS) is 22.9. The Morgan fingerprint density at radius 2 is 1.95 bits per heavy atom. The van der Waals surface area contributed by atoms with Crippen LogP contribution in [0, 0.1) is 19.8 Å². The predicted octanol–water partition coefficient (Wildman–Crippen LogP) is 4.92. The van der Waals surface area contributed by atoms with Gasteiger partial charge in [0.1, 0.15) is 0 Å². The Balaban J connectivity index is 2.04. The minimum atomic E-state index is 0.467. The number of aryl methyl sites for hydroxylation is 2. The third-order valence-electron chi connectivity index (χ3n) is 4.54. The first-order valence-corrected chi connectivity index (χ1v) is 8.96. The third kappa shape index (κ3) is 4.30. The van der Waals surface area contributed by atoms with E-state index in [9.17, 15) is 0 Å². The van der Waals surface area contributed by atoms with E-state index in [0.717, 1.165) is 19.1 Å². The summed E-state index contributed by atoms with van der Waals surface area (Å²) in [5.41, 5.74) is 4.15. The molecule has 1 saturated carbocycles. The Morgan fingerprint density at radius 3 is 2.57 bits per heavy atom. The fourth-order valence-electron chi connectivity index (χ4n) is 3.32. The van der Waals surface area contributed by atoms with Crippen LogP contribution in [0.1, 0.15) is 55.8 Å². The van der Waals surface area contributed by atoms with Crippen LogP contribution in [0.25, 0.3) is 0 Å². The highest BCUT2D eigenvalue weighted by atomic mass is 79.9. The van der Waals surface area contributed by atoms with Crippen LogP contribution in [0.2, 0.25) is 0 Å². The van der Waals surface area contributed by atoms with Crippen molar-refractivity contribution < 1.29 is 4.74 Å². The first-order chi connectivity index (χ1) is 10.0. The van der Waals surface area contributed by atoms with Crippen LogP contribution >= 0.6 is 15.9 Å². The van der Waals surface area contributed by atoms with Crippen LogP contribution in [-0.2, 0) is 4.74 Å². The largest absolute Gasteiger partial charge is 0.378 e. The molecule has 0 spiro atoms. The molecule has 1 aromatic rings. The molecule has 2 rings (SSSR count). The maximum Gasteiger partial charge on any atom is 0.0580 e. The number of halogens is 1. The van der Waals surface area contributed by atoms with Crippen LogP contribution < -0.4 is 5.32 Å². The standard InChI is InChI=1S/C18H28BrNO/c1-5-20-18(11-14-9-15(10-14)21-6-2)16-7-13(4)17(19)8-12(16)3/h7-8,14-15,18,20H,5-6,9-11H2,1-4H3. The van der Waals surface area contributed by atoms with E-state index in [1.165, 1.54) is 40.4 Å². The summed E-state index contributed by atoms with van der Waals surface area (Å²) in [7, 11) is 0. The molecule has 2 nitrogen and oxygen atoms in total. The number of hydrogen-bond donors (Lipinski definition) is 1. The monoisotopic (exact) mass is 353 g/mol. The Labute approximate surface area is 137 Å². The van der Waals surface area contributed by atoms with E-state index in [-0.39, 0.29) is 0 Å². The van der Waals surface area contributed by atoms with Crippen molar-refractivity contribution in [3.63, 3.8) is 0 Å². The molecular formula is C18H28BrNO. The van der Waals surface area contributed by atoms with Crippen LogP contribution in [0.15, 0.2) is 16.6 Å². The van der Waals surface area contributed by atoms with E-state index < -0.39 is 0 Å². The summed E-state index contributed by atoms with van der Waals surface area (Å²) >= 11 is 3.63. The molecular weight excluding hydrogens is 326 g/mol. The molecule has 0 saturated heterocycles. The second-order valence-electron chi connectivity index (χ2n) is 6.22. The lowest BCUT2D eigenvalue weighted by atomic mass is 9.76. The SMILES string of the molecule is CCNC(CC1CC(OCC)C1)c1cc(C)c(Br)cc1C. The highest BCUT2D eigenvalue weighted by molar-refractivity contribution is 9.10. The average Bonchev–Trinajstić information content (AvgIpc) is 2.40. The maximum atomic E-state index is 5.69. The van der Waals surface area contributed by atoms with Crippen molar-refractivity contribution in [1.29, 1.82) is 0 Å². The van der Waals surface area contributed by atoms with Gasteiger partial charge in [-0.2, -0.15) is 0 Å². The smallest absolute Gasteiger partial charge is 0.0580 e. The summed E-state index contributed by atoms with van der Waals surface area (Å²) in [4.78, 5) is 0. The second-order valence-corrected chi connectivity index (χ2v) is 7.07. The van der Waals surface area contributed by atoms with Crippen LogP contribution in [-0.4, -0.2) is 19.3 Å². The lowest BCUT2D eigenvalue weighted by molar-refractivity contribution is -0.0291. The summed E-state index contributed by atoms with van der Waals surface area (Å²) in [6, 6.07) is 5.05. The van der Waals surface area contributed by atoms with Gasteiger partial charge in [0.15, 0.2) is 0 Å². The number of nitrogens with one attached hydrogen (secondary N) is 1. The lowest BCUT2D eigenvalue weighted by Gasteiger charge is -2.37. The summed E-state index contributed by atoms with van der Waals surface area (Å²) < 4.78 is 6.89. The summed E-state index contributed by atoms with van der Waals surface area (Å²) in [5, 5.41) is 3.68. The minimum Gasteiger partial charge on any atom is -0.378 e. The van der Waals surface area contributed by atoms with Gasteiger partial charge in [0, 0.05) is 17.1 Å². The van der Waals surface area contributed by atoms with E-state index in [1.807, 2.05) is 0 Å². The van der Waals surface area contributed by atoms with Crippen LogP contribution in [0.3, 0.4) is 0 Å². The molecule has 1 N–H and O–H groups in total. The molecule has 0 amide bonds. The lowest BCUT2D eigenvalue weighted by Crippen LogP contribution is -2.35.